The molecule has 0 saturated carbocycles. The zero-order chi connectivity index (χ0) is 19.7. The Balaban J connectivity index is 1.50. The van der Waals surface area contributed by atoms with Crippen molar-refractivity contribution < 1.29 is 22.7 Å². The SMILES string of the molecule is O=C(c1cccc(C(F)(F)F)n1)C1CC2COCC(C1)N2Cc1ccccc1. The van der Waals surface area contributed by atoms with Crippen LogP contribution in [-0.4, -0.2) is 41.0 Å². The summed E-state index contributed by atoms with van der Waals surface area (Å²) in [5.74, 6) is -0.635. The molecule has 0 N–H and O–H groups in total. The number of Topliss-reactive ketones (excluding diaryl/α,β-unsaturated/α-hetero) is 1. The molecule has 7 heteroatoms. The molecule has 2 aliphatic rings. The third kappa shape index (κ3) is 3.95. The molecule has 2 unspecified atom stereocenters. The molecule has 3 heterocycles. The Morgan fingerprint density at radius 1 is 1.04 bits per heavy atom. The van der Waals surface area contributed by atoms with Gasteiger partial charge in [-0.05, 0) is 30.5 Å². The van der Waals surface area contributed by atoms with Gasteiger partial charge in [0, 0.05) is 24.5 Å². The molecule has 0 spiro atoms. The molecule has 0 amide bonds. The minimum atomic E-state index is -4.56. The van der Waals surface area contributed by atoms with E-state index in [1.54, 1.807) is 0 Å². The topological polar surface area (TPSA) is 42.4 Å². The van der Waals surface area contributed by atoms with Gasteiger partial charge < -0.3 is 4.74 Å². The average Bonchev–Trinajstić information content (AvgIpc) is 2.67. The van der Waals surface area contributed by atoms with E-state index in [2.05, 4.69) is 22.0 Å². The summed E-state index contributed by atoms with van der Waals surface area (Å²) >= 11 is 0. The van der Waals surface area contributed by atoms with Crippen LogP contribution in [0.3, 0.4) is 0 Å². The molecule has 2 atom stereocenters. The molecule has 4 rings (SSSR count). The highest BCUT2D eigenvalue weighted by molar-refractivity contribution is 5.96. The van der Waals surface area contributed by atoms with Crippen LogP contribution in [0, 0.1) is 5.92 Å². The minimum absolute atomic E-state index is 0.0763. The second-order valence-corrected chi connectivity index (χ2v) is 7.44. The largest absolute Gasteiger partial charge is 0.433 e. The monoisotopic (exact) mass is 390 g/mol. The summed E-state index contributed by atoms with van der Waals surface area (Å²) in [4.78, 5) is 18.8. The van der Waals surface area contributed by atoms with E-state index in [0.717, 1.165) is 12.6 Å². The molecule has 1 aromatic heterocycles. The fraction of sp³-hybridized carbons (Fsp3) is 0.429. The maximum atomic E-state index is 12.9. The summed E-state index contributed by atoms with van der Waals surface area (Å²) in [6, 6.07) is 13.8. The zero-order valence-corrected chi connectivity index (χ0v) is 15.2. The van der Waals surface area contributed by atoms with E-state index in [1.807, 2.05) is 18.2 Å². The number of piperidine rings is 1. The van der Waals surface area contributed by atoms with E-state index >= 15 is 0 Å². The third-order valence-corrected chi connectivity index (χ3v) is 5.54. The lowest BCUT2D eigenvalue weighted by Crippen LogP contribution is -2.57. The highest BCUT2D eigenvalue weighted by atomic mass is 19.4. The van der Waals surface area contributed by atoms with Gasteiger partial charge in [-0.25, -0.2) is 4.98 Å². The Morgan fingerprint density at radius 3 is 2.36 bits per heavy atom. The Morgan fingerprint density at radius 2 is 1.71 bits per heavy atom. The van der Waals surface area contributed by atoms with Crippen LogP contribution in [0.15, 0.2) is 48.5 Å². The first kappa shape index (κ1) is 19.1. The number of ketones is 1. The number of fused-ring (bicyclic) bond motifs is 2. The number of hydrogen-bond donors (Lipinski definition) is 0. The van der Waals surface area contributed by atoms with E-state index in [0.29, 0.717) is 26.1 Å². The highest BCUT2D eigenvalue weighted by Gasteiger charge is 2.42. The smallest absolute Gasteiger partial charge is 0.378 e. The summed E-state index contributed by atoms with van der Waals surface area (Å²) < 4.78 is 44.5. The number of pyridine rings is 1. The van der Waals surface area contributed by atoms with Crippen LogP contribution in [0.5, 0.6) is 0 Å². The molecule has 28 heavy (non-hydrogen) atoms. The summed E-state index contributed by atoms with van der Waals surface area (Å²) in [5, 5.41) is 0. The van der Waals surface area contributed by atoms with E-state index in [4.69, 9.17) is 4.74 Å². The summed E-state index contributed by atoms with van der Waals surface area (Å²) in [6.07, 6.45) is -3.42. The van der Waals surface area contributed by atoms with Crippen molar-refractivity contribution in [2.24, 2.45) is 5.92 Å². The van der Waals surface area contributed by atoms with Gasteiger partial charge in [0.25, 0.3) is 0 Å². The maximum Gasteiger partial charge on any atom is 0.433 e. The van der Waals surface area contributed by atoms with Crippen molar-refractivity contribution in [3.63, 3.8) is 0 Å². The summed E-state index contributed by atoms with van der Waals surface area (Å²) in [6.45, 7) is 1.84. The van der Waals surface area contributed by atoms with Gasteiger partial charge >= 0.3 is 6.18 Å². The molecular weight excluding hydrogens is 369 g/mol. The number of benzene rings is 1. The molecular formula is C21H21F3N2O2. The Kier molecular flexibility index (Phi) is 5.21. The molecule has 0 aliphatic carbocycles. The number of aromatic nitrogens is 1. The third-order valence-electron chi connectivity index (χ3n) is 5.54. The Labute approximate surface area is 161 Å². The van der Waals surface area contributed by atoms with Crippen LogP contribution in [0.25, 0.3) is 0 Å². The molecule has 2 bridgehead atoms. The average molecular weight is 390 g/mol. The van der Waals surface area contributed by atoms with E-state index < -0.39 is 11.9 Å². The fourth-order valence-corrected chi connectivity index (χ4v) is 4.20. The molecule has 0 radical (unpaired) electrons. The molecule has 148 valence electrons. The maximum absolute atomic E-state index is 12.9. The first-order valence-corrected chi connectivity index (χ1v) is 9.37. The van der Waals surface area contributed by atoms with Crippen molar-refractivity contribution >= 4 is 5.78 Å². The molecule has 4 nitrogen and oxygen atoms in total. The van der Waals surface area contributed by atoms with Crippen molar-refractivity contribution in [3.8, 4) is 0 Å². The summed E-state index contributed by atoms with van der Waals surface area (Å²) in [5.41, 5.74) is 0.0717. The second-order valence-electron chi connectivity index (χ2n) is 7.44. The lowest BCUT2D eigenvalue weighted by Gasteiger charge is -2.48. The Bertz CT molecular complexity index is 827. The van der Waals surface area contributed by atoms with Gasteiger partial charge in [0.1, 0.15) is 11.4 Å². The van der Waals surface area contributed by atoms with E-state index in [1.165, 1.54) is 17.7 Å². The molecule has 2 saturated heterocycles. The van der Waals surface area contributed by atoms with Crippen molar-refractivity contribution in [2.45, 2.75) is 37.6 Å². The van der Waals surface area contributed by atoms with Gasteiger partial charge in [0.15, 0.2) is 5.78 Å². The number of halogens is 3. The number of carbonyl (C=O) groups is 1. The van der Waals surface area contributed by atoms with Crippen LogP contribution in [0.1, 0.15) is 34.6 Å². The minimum Gasteiger partial charge on any atom is -0.378 e. The van der Waals surface area contributed by atoms with Crippen molar-refractivity contribution in [1.82, 2.24) is 9.88 Å². The van der Waals surface area contributed by atoms with Crippen LogP contribution < -0.4 is 0 Å². The molecule has 2 aromatic rings. The van der Waals surface area contributed by atoms with Gasteiger partial charge in [-0.3, -0.25) is 9.69 Å². The predicted molar refractivity (Wildman–Crippen MR) is 96.7 cm³/mol. The van der Waals surface area contributed by atoms with Gasteiger partial charge in [0.2, 0.25) is 0 Å². The van der Waals surface area contributed by atoms with Crippen LogP contribution in [-0.2, 0) is 17.5 Å². The van der Waals surface area contributed by atoms with Gasteiger partial charge in [0.05, 0.1) is 13.2 Å². The van der Waals surface area contributed by atoms with Crippen LogP contribution >= 0.6 is 0 Å². The first-order valence-electron chi connectivity index (χ1n) is 9.37. The lowest BCUT2D eigenvalue weighted by atomic mass is 9.81. The first-order chi connectivity index (χ1) is 13.4. The van der Waals surface area contributed by atoms with E-state index in [9.17, 15) is 18.0 Å². The van der Waals surface area contributed by atoms with Gasteiger partial charge in [-0.2, -0.15) is 13.2 Å². The fourth-order valence-electron chi connectivity index (χ4n) is 4.20. The van der Waals surface area contributed by atoms with Gasteiger partial charge in [-0.1, -0.05) is 36.4 Å². The number of nitrogens with zero attached hydrogens (tertiary/aromatic N) is 2. The van der Waals surface area contributed by atoms with Crippen LogP contribution in [0.4, 0.5) is 13.2 Å². The quantitative estimate of drug-likeness (QED) is 0.741. The van der Waals surface area contributed by atoms with E-state index in [-0.39, 0.29) is 29.5 Å². The zero-order valence-electron chi connectivity index (χ0n) is 15.2. The van der Waals surface area contributed by atoms with Gasteiger partial charge in [-0.15, -0.1) is 0 Å². The standard InChI is InChI=1S/C21H21F3N2O2/c22-21(23,24)19-8-4-7-18(25-19)20(27)15-9-16-12-28-13-17(10-15)26(16)11-14-5-2-1-3-6-14/h1-8,15-17H,9-13H2. The van der Waals surface area contributed by atoms with Crippen molar-refractivity contribution in [1.29, 1.82) is 0 Å². The van der Waals surface area contributed by atoms with Crippen LogP contribution in [0.2, 0.25) is 0 Å². The molecule has 1 aromatic carbocycles. The van der Waals surface area contributed by atoms with Crippen molar-refractivity contribution in [3.05, 3.63) is 65.5 Å². The molecule has 2 fully saturated rings. The number of rotatable bonds is 4. The second kappa shape index (κ2) is 7.64. The number of alkyl halides is 3. The highest BCUT2D eigenvalue weighted by Crippen LogP contribution is 2.35. The Hall–Kier alpha value is -2.25. The number of hydrogen-bond acceptors (Lipinski definition) is 4. The normalized spacial score (nSPS) is 25.5. The number of ether oxygens (including phenoxy) is 1. The number of carbonyl (C=O) groups excluding carboxylic acids is 1. The number of morpholine rings is 1. The predicted octanol–water partition coefficient (Wildman–Crippen LogP) is 3.96. The van der Waals surface area contributed by atoms with Crippen molar-refractivity contribution in [2.75, 3.05) is 13.2 Å². The molecule has 2 aliphatic heterocycles. The summed E-state index contributed by atoms with van der Waals surface area (Å²) in [7, 11) is 0. The lowest BCUT2D eigenvalue weighted by molar-refractivity contribution is -0.141.